The quantitative estimate of drug-likeness (QED) is 0.811. The predicted octanol–water partition coefficient (Wildman–Crippen LogP) is 1.11. The van der Waals surface area contributed by atoms with Gasteiger partial charge in [0, 0.05) is 11.6 Å². The topological polar surface area (TPSA) is 66.4 Å². The van der Waals surface area contributed by atoms with E-state index >= 15 is 0 Å². The Bertz CT molecular complexity index is 592. The zero-order valence-corrected chi connectivity index (χ0v) is 11.6. The van der Waals surface area contributed by atoms with Crippen LogP contribution in [0.1, 0.15) is 25.3 Å². The van der Waals surface area contributed by atoms with Crippen molar-refractivity contribution in [2.45, 2.75) is 30.7 Å². The summed E-state index contributed by atoms with van der Waals surface area (Å²) in [6, 6.07) is 6.32. The summed E-state index contributed by atoms with van der Waals surface area (Å²) in [7, 11) is -3.45. The molecule has 0 bridgehead atoms. The van der Waals surface area contributed by atoms with Crippen molar-refractivity contribution < 1.29 is 13.5 Å². The first-order valence-electron chi connectivity index (χ1n) is 6.25. The minimum atomic E-state index is -3.45. The largest absolute Gasteiger partial charge is 0.384 e. The number of aliphatic hydroxyl groups is 1. The maximum Gasteiger partial charge on any atom is 0.240 e. The third-order valence-electron chi connectivity index (χ3n) is 3.15. The van der Waals surface area contributed by atoms with E-state index in [1.165, 1.54) is 12.1 Å². The Hall–Kier alpha value is -1.35. The number of hydrogen-bond donors (Lipinski definition) is 2. The highest BCUT2D eigenvalue weighted by molar-refractivity contribution is 7.89. The Morgan fingerprint density at radius 1 is 1.37 bits per heavy atom. The molecule has 0 heterocycles. The first kappa shape index (κ1) is 14.1. The first-order valence-corrected chi connectivity index (χ1v) is 7.73. The Kier molecular flexibility index (Phi) is 4.25. The van der Waals surface area contributed by atoms with Crippen LogP contribution in [0.3, 0.4) is 0 Å². The van der Waals surface area contributed by atoms with Gasteiger partial charge < -0.3 is 5.11 Å². The van der Waals surface area contributed by atoms with Gasteiger partial charge in [-0.1, -0.05) is 11.8 Å². The van der Waals surface area contributed by atoms with Crippen LogP contribution in [0.2, 0.25) is 0 Å². The molecule has 0 aliphatic heterocycles. The molecule has 0 spiro atoms. The van der Waals surface area contributed by atoms with Crippen molar-refractivity contribution in [3.8, 4) is 11.8 Å². The summed E-state index contributed by atoms with van der Waals surface area (Å²) in [6.45, 7) is 1.69. The summed E-state index contributed by atoms with van der Waals surface area (Å²) in [5, 5.41) is 8.59. The fourth-order valence-electron chi connectivity index (χ4n) is 1.86. The van der Waals surface area contributed by atoms with Gasteiger partial charge in [-0.05, 0) is 49.9 Å². The summed E-state index contributed by atoms with van der Waals surface area (Å²) in [6.07, 6.45) is 2.19. The molecule has 1 unspecified atom stereocenters. The fourth-order valence-corrected chi connectivity index (χ4v) is 3.18. The molecule has 1 aliphatic carbocycles. The lowest BCUT2D eigenvalue weighted by molar-refractivity contribution is 0.350. The van der Waals surface area contributed by atoms with E-state index in [4.69, 9.17) is 5.11 Å². The lowest BCUT2D eigenvalue weighted by Gasteiger charge is -2.13. The molecular formula is C14H17NO3S. The van der Waals surface area contributed by atoms with Crippen molar-refractivity contribution in [3.05, 3.63) is 29.8 Å². The van der Waals surface area contributed by atoms with Gasteiger partial charge in [-0.25, -0.2) is 13.1 Å². The van der Waals surface area contributed by atoms with Crippen LogP contribution in [0.5, 0.6) is 0 Å². The van der Waals surface area contributed by atoms with Crippen LogP contribution in [0.15, 0.2) is 29.2 Å². The van der Waals surface area contributed by atoms with E-state index in [-0.39, 0.29) is 17.5 Å². The van der Waals surface area contributed by atoms with Gasteiger partial charge in [0.15, 0.2) is 0 Å². The van der Waals surface area contributed by atoms with E-state index in [9.17, 15) is 8.42 Å². The Labute approximate surface area is 113 Å². The van der Waals surface area contributed by atoms with Crippen LogP contribution in [-0.4, -0.2) is 26.2 Å². The molecule has 1 fully saturated rings. The van der Waals surface area contributed by atoms with Crippen molar-refractivity contribution >= 4 is 10.0 Å². The van der Waals surface area contributed by atoms with Gasteiger partial charge in [-0.3, -0.25) is 0 Å². The smallest absolute Gasteiger partial charge is 0.240 e. The van der Waals surface area contributed by atoms with E-state index in [0.717, 1.165) is 12.8 Å². The lowest BCUT2D eigenvalue weighted by Crippen LogP contribution is -2.33. The molecular weight excluding hydrogens is 262 g/mol. The molecule has 1 atom stereocenters. The zero-order valence-electron chi connectivity index (χ0n) is 10.8. The summed E-state index contributed by atoms with van der Waals surface area (Å²) in [4.78, 5) is 0.245. The summed E-state index contributed by atoms with van der Waals surface area (Å²) >= 11 is 0. The van der Waals surface area contributed by atoms with E-state index in [1.54, 1.807) is 12.1 Å². The second-order valence-electron chi connectivity index (χ2n) is 4.73. The Morgan fingerprint density at radius 3 is 2.53 bits per heavy atom. The van der Waals surface area contributed by atoms with E-state index in [2.05, 4.69) is 16.6 Å². The third kappa shape index (κ3) is 3.80. The molecule has 2 N–H and O–H groups in total. The van der Waals surface area contributed by atoms with Crippen LogP contribution in [0, 0.1) is 17.8 Å². The standard InChI is InChI=1S/C14H17NO3S/c1-11(13-6-7-13)15-19(17,18)14-8-4-12(5-9-14)3-2-10-16/h4-5,8-9,11,13,15-16H,6-7,10H2,1H3. The van der Waals surface area contributed by atoms with E-state index in [1.807, 2.05) is 6.92 Å². The van der Waals surface area contributed by atoms with Gasteiger partial charge in [-0.15, -0.1) is 0 Å². The van der Waals surface area contributed by atoms with Gasteiger partial charge in [0.2, 0.25) is 10.0 Å². The molecule has 1 aromatic rings. The average molecular weight is 279 g/mol. The van der Waals surface area contributed by atoms with Crippen LogP contribution in [-0.2, 0) is 10.0 Å². The lowest BCUT2D eigenvalue weighted by atomic mass is 10.2. The number of sulfonamides is 1. The predicted molar refractivity (Wildman–Crippen MR) is 72.9 cm³/mol. The number of nitrogens with one attached hydrogen (secondary N) is 1. The minimum absolute atomic E-state index is 0.0149. The molecule has 1 aromatic carbocycles. The van der Waals surface area contributed by atoms with Gasteiger partial charge in [-0.2, -0.15) is 0 Å². The van der Waals surface area contributed by atoms with Gasteiger partial charge in [0.1, 0.15) is 6.61 Å². The molecule has 5 heteroatoms. The highest BCUT2D eigenvalue weighted by Gasteiger charge is 2.31. The molecule has 0 saturated heterocycles. The molecule has 19 heavy (non-hydrogen) atoms. The Balaban J connectivity index is 2.11. The number of rotatable bonds is 4. The molecule has 0 radical (unpaired) electrons. The number of hydrogen-bond acceptors (Lipinski definition) is 3. The molecule has 102 valence electrons. The van der Waals surface area contributed by atoms with E-state index < -0.39 is 10.0 Å². The molecule has 0 aromatic heterocycles. The minimum Gasteiger partial charge on any atom is -0.384 e. The summed E-state index contributed by atoms with van der Waals surface area (Å²) in [5.41, 5.74) is 0.684. The zero-order chi connectivity index (χ0) is 13.9. The van der Waals surface area contributed by atoms with Crippen LogP contribution in [0.4, 0.5) is 0 Å². The van der Waals surface area contributed by atoms with Crippen molar-refractivity contribution in [3.63, 3.8) is 0 Å². The van der Waals surface area contributed by atoms with Crippen molar-refractivity contribution in [1.82, 2.24) is 4.72 Å². The van der Waals surface area contributed by atoms with Crippen molar-refractivity contribution in [1.29, 1.82) is 0 Å². The Morgan fingerprint density at radius 2 is 2.00 bits per heavy atom. The number of benzene rings is 1. The van der Waals surface area contributed by atoms with Gasteiger partial charge >= 0.3 is 0 Å². The van der Waals surface area contributed by atoms with Crippen LogP contribution in [0.25, 0.3) is 0 Å². The van der Waals surface area contributed by atoms with Gasteiger partial charge in [0.05, 0.1) is 4.90 Å². The first-order chi connectivity index (χ1) is 9.03. The fraction of sp³-hybridized carbons (Fsp3) is 0.429. The molecule has 4 nitrogen and oxygen atoms in total. The maximum absolute atomic E-state index is 12.1. The van der Waals surface area contributed by atoms with Gasteiger partial charge in [0.25, 0.3) is 0 Å². The summed E-state index contributed by atoms with van der Waals surface area (Å²) in [5.74, 6) is 5.72. The van der Waals surface area contributed by atoms with Crippen molar-refractivity contribution in [2.75, 3.05) is 6.61 Å². The second-order valence-corrected chi connectivity index (χ2v) is 6.45. The van der Waals surface area contributed by atoms with E-state index in [0.29, 0.717) is 11.5 Å². The molecule has 1 saturated carbocycles. The maximum atomic E-state index is 12.1. The summed E-state index contributed by atoms with van der Waals surface area (Å²) < 4.78 is 26.9. The average Bonchev–Trinajstić information content (AvgIpc) is 3.20. The van der Waals surface area contributed by atoms with Crippen molar-refractivity contribution in [2.24, 2.45) is 5.92 Å². The second kappa shape index (κ2) is 5.74. The number of aliphatic hydroxyl groups excluding tert-OH is 1. The molecule has 2 rings (SSSR count). The molecule has 0 amide bonds. The third-order valence-corrected chi connectivity index (χ3v) is 4.72. The normalized spacial score (nSPS) is 16.5. The monoisotopic (exact) mass is 279 g/mol. The van der Waals surface area contributed by atoms with Crippen LogP contribution >= 0.6 is 0 Å². The van der Waals surface area contributed by atoms with Crippen LogP contribution < -0.4 is 4.72 Å². The molecule has 1 aliphatic rings. The SMILES string of the molecule is CC(NS(=O)(=O)c1ccc(C#CCO)cc1)C1CC1. The highest BCUT2D eigenvalue weighted by atomic mass is 32.2. The highest BCUT2D eigenvalue weighted by Crippen LogP contribution is 2.32.